The highest BCUT2D eigenvalue weighted by molar-refractivity contribution is 6.14. The maximum absolute atomic E-state index is 6.30. The number of rotatable bonds is 7. The molecule has 11 rings (SSSR count). The molecular weight excluding hydrogens is 703 g/mol. The second-order valence-electron chi connectivity index (χ2n) is 14.9. The van der Waals surface area contributed by atoms with Gasteiger partial charge in [-0.2, -0.15) is 0 Å². The zero-order valence-electron chi connectivity index (χ0n) is 31.7. The summed E-state index contributed by atoms with van der Waals surface area (Å²) in [5, 5.41) is 8.50. The first-order valence-corrected chi connectivity index (χ1v) is 19.8. The molecule has 0 radical (unpaired) electrons. The third-order valence-corrected chi connectivity index (χ3v) is 11.5. The van der Waals surface area contributed by atoms with Crippen molar-refractivity contribution in [2.45, 2.75) is 0 Å². The molecule has 0 fully saturated rings. The van der Waals surface area contributed by atoms with Crippen LogP contribution in [0.25, 0.3) is 88.0 Å². The Morgan fingerprint density at radius 2 is 0.897 bits per heavy atom. The zero-order valence-corrected chi connectivity index (χ0v) is 31.7. The van der Waals surface area contributed by atoms with Crippen molar-refractivity contribution in [2.24, 2.45) is 0 Å². The molecule has 0 unspecified atom stereocenters. The van der Waals surface area contributed by atoms with Gasteiger partial charge in [0.15, 0.2) is 0 Å². The number of hydrogen-bond acceptors (Lipinski definition) is 2. The average molecular weight is 740 g/mol. The molecule has 58 heavy (non-hydrogen) atoms. The molecule has 0 amide bonds. The summed E-state index contributed by atoms with van der Waals surface area (Å²) in [5.74, 6) is 0.868. The van der Waals surface area contributed by atoms with Crippen LogP contribution < -0.4 is 4.90 Å². The fraction of sp³-hybridized carbons (Fsp3) is 0. The first-order valence-electron chi connectivity index (χ1n) is 19.8. The average Bonchev–Trinajstić information content (AvgIpc) is 3.75. The van der Waals surface area contributed by atoms with Gasteiger partial charge in [-0.3, -0.25) is 0 Å². The third-order valence-electron chi connectivity index (χ3n) is 11.5. The fourth-order valence-corrected chi connectivity index (χ4v) is 8.72. The van der Waals surface area contributed by atoms with Crippen molar-refractivity contribution in [1.82, 2.24) is 0 Å². The van der Waals surface area contributed by atoms with Gasteiger partial charge in [0.25, 0.3) is 0 Å². The molecule has 1 aromatic heterocycles. The topological polar surface area (TPSA) is 16.4 Å². The summed E-state index contributed by atoms with van der Waals surface area (Å²) in [6, 6.07) is 80.7. The molecule has 0 aliphatic heterocycles. The highest BCUT2D eigenvalue weighted by Crippen LogP contribution is 2.46. The van der Waals surface area contributed by atoms with E-state index in [2.05, 4.69) is 211 Å². The molecule has 2 nitrogen and oxygen atoms in total. The van der Waals surface area contributed by atoms with Gasteiger partial charge in [-0.05, 0) is 103 Å². The Balaban J connectivity index is 1.08. The Bertz CT molecular complexity index is 3250. The van der Waals surface area contributed by atoms with Crippen LogP contribution in [0.3, 0.4) is 0 Å². The highest BCUT2D eigenvalue weighted by atomic mass is 16.3. The Morgan fingerprint density at radius 3 is 1.71 bits per heavy atom. The molecule has 272 valence electrons. The Hall–Kier alpha value is -7.68. The quantitative estimate of drug-likeness (QED) is 0.151. The van der Waals surface area contributed by atoms with Crippen LogP contribution in [0.15, 0.2) is 229 Å². The lowest BCUT2D eigenvalue weighted by Gasteiger charge is -2.29. The fourth-order valence-electron chi connectivity index (χ4n) is 8.72. The molecule has 0 bridgehead atoms. The van der Waals surface area contributed by atoms with Crippen LogP contribution >= 0.6 is 0 Å². The summed E-state index contributed by atoms with van der Waals surface area (Å²) in [7, 11) is 0. The Labute approximate surface area is 337 Å². The van der Waals surface area contributed by atoms with Gasteiger partial charge in [0.2, 0.25) is 0 Å². The van der Waals surface area contributed by atoms with Gasteiger partial charge in [-0.1, -0.05) is 176 Å². The summed E-state index contributed by atoms with van der Waals surface area (Å²) in [6.45, 7) is 0. The molecule has 11 aromatic rings. The minimum absolute atomic E-state index is 0.868. The highest BCUT2D eigenvalue weighted by Gasteiger charge is 2.21. The van der Waals surface area contributed by atoms with Crippen LogP contribution in [0.2, 0.25) is 0 Å². The zero-order chi connectivity index (χ0) is 38.4. The van der Waals surface area contributed by atoms with Gasteiger partial charge in [-0.25, -0.2) is 0 Å². The van der Waals surface area contributed by atoms with Gasteiger partial charge < -0.3 is 9.32 Å². The Morgan fingerprint density at radius 1 is 0.293 bits per heavy atom. The molecule has 0 aliphatic carbocycles. The van der Waals surface area contributed by atoms with Gasteiger partial charge in [-0.15, -0.1) is 0 Å². The van der Waals surface area contributed by atoms with Crippen molar-refractivity contribution in [3.8, 4) is 44.7 Å². The van der Waals surface area contributed by atoms with E-state index in [0.717, 1.165) is 44.9 Å². The molecule has 0 aliphatic rings. The molecule has 10 aromatic carbocycles. The molecule has 0 atom stereocenters. The number of hydrogen-bond donors (Lipinski definition) is 0. The summed E-state index contributed by atoms with van der Waals surface area (Å²) < 4.78 is 6.30. The van der Waals surface area contributed by atoms with E-state index in [1.165, 1.54) is 60.1 Å². The maximum atomic E-state index is 6.30. The van der Waals surface area contributed by atoms with Crippen LogP contribution in [0.5, 0.6) is 0 Å². The summed E-state index contributed by atoms with van der Waals surface area (Å²) >= 11 is 0. The van der Waals surface area contributed by atoms with E-state index in [0.29, 0.717) is 0 Å². The van der Waals surface area contributed by atoms with E-state index in [1.807, 2.05) is 18.2 Å². The molecule has 0 spiro atoms. The predicted octanol–water partition coefficient (Wildman–Crippen LogP) is 16.0. The third kappa shape index (κ3) is 5.82. The van der Waals surface area contributed by atoms with Gasteiger partial charge >= 0.3 is 0 Å². The molecule has 0 saturated heterocycles. The van der Waals surface area contributed by atoms with E-state index in [-0.39, 0.29) is 0 Å². The minimum Gasteiger partial charge on any atom is -0.456 e. The van der Waals surface area contributed by atoms with E-state index in [1.54, 1.807) is 0 Å². The SMILES string of the molecule is c1ccc(-c2ccccc2N(c2ccc(-c3cc4ccccc4c4ccccc34)cc2)c2ccc(-c3cccc(-c4cc5ccccc5o4)c3)c3ccccc23)cc1. The van der Waals surface area contributed by atoms with Crippen LogP contribution in [0.1, 0.15) is 0 Å². The van der Waals surface area contributed by atoms with Crippen LogP contribution in [-0.4, -0.2) is 0 Å². The molecular formula is C56H37NO. The van der Waals surface area contributed by atoms with Crippen molar-refractivity contribution in [2.75, 3.05) is 4.90 Å². The molecule has 2 heteroatoms. The van der Waals surface area contributed by atoms with Crippen molar-refractivity contribution in [1.29, 1.82) is 0 Å². The van der Waals surface area contributed by atoms with Gasteiger partial charge in [0, 0.05) is 27.6 Å². The lowest BCUT2D eigenvalue weighted by Crippen LogP contribution is -2.12. The van der Waals surface area contributed by atoms with E-state index < -0.39 is 0 Å². The van der Waals surface area contributed by atoms with Gasteiger partial charge in [0.1, 0.15) is 11.3 Å². The lowest BCUT2D eigenvalue weighted by molar-refractivity contribution is 0.631. The van der Waals surface area contributed by atoms with Crippen molar-refractivity contribution >= 4 is 60.3 Å². The number of para-hydroxylation sites is 2. The van der Waals surface area contributed by atoms with Crippen molar-refractivity contribution in [3.63, 3.8) is 0 Å². The second kappa shape index (κ2) is 14.1. The van der Waals surface area contributed by atoms with Crippen LogP contribution in [0.4, 0.5) is 17.1 Å². The maximum Gasteiger partial charge on any atom is 0.135 e. The van der Waals surface area contributed by atoms with Gasteiger partial charge in [0.05, 0.1) is 11.4 Å². The number of benzene rings is 10. The van der Waals surface area contributed by atoms with E-state index in [4.69, 9.17) is 4.42 Å². The van der Waals surface area contributed by atoms with Crippen LogP contribution in [-0.2, 0) is 0 Å². The number of nitrogens with zero attached hydrogens (tertiary/aromatic N) is 1. The monoisotopic (exact) mass is 739 g/mol. The summed E-state index contributed by atoms with van der Waals surface area (Å²) in [4.78, 5) is 2.43. The van der Waals surface area contributed by atoms with Crippen molar-refractivity contribution < 1.29 is 4.42 Å². The number of furan rings is 1. The summed E-state index contributed by atoms with van der Waals surface area (Å²) in [6.07, 6.45) is 0. The van der Waals surface area contributed by atoms with Crippen LogP contribution in [0, 0.1) is 0 Å². The number of fused-ring (bicyclic) bond motifs is 5. The lowest BCUT2D eigenvalue weighted by atomic mass is 9.93. The molecule has 0 saturated carbocycles. The van der Waals surface area contributed by atoms with Crippen molar-refractivity contribution in [3.05, 3.63) is 224 Å². The second-order valence-corrected chi connectivity index (χ2v) is 14.9. The Kier molecular flexibility index (Phi) is 8.19. The first kappa shape index (κ1) is 33.6. The largest absolute Gasteiger partial charge is 0.456 e. The standard InChI is InChI=1S/C56H37NO/c1-2-15-38(16-3-1)47-22-11-12-27-53(47)57(44-31-29-39(30-32-44)52-36-41-17-4-6-21-45(41)48-23-7-8-25-50(48)52)54-34-33-46(49-24-9-10-26-51(49)54)40-19-14-20-42(35-40)56-37-43-18-5-13-28-55(43)58-56/h1-37H. The minimum atomic E-state index is 0.868. The van der Waals surface area contributed by atoms with E-state index >= 15 is 0 Å². The normalized spacial score (nSPS) is 11.4. The van der Waals surface area contributed by atoms with E-state index in [9.17, 15) is 0 Å². The number of anilines is 3. The smallest absolute Gasteiger partial charge is 0.135 e. The predicted molar refractivity (Wildman–Crippen MR) is 245 cm³/mol. The molecule has 1 heterocycles. The first-order chi connectivity index (χ1) is 28.8. The molecule has 0 N–H and O–H groups in total. The summed E-state index contributed by atoms with van der Waals surface area (Å²) in [5.41, 5.74) is 12.3.